The highest BCUT2D eigenvalue weighted by molar-refractivity contribution is 5.48. The van der Waals surface area contributed by atoms with Gasteiger partial charge >= 0.3 is 0 Å². The van der Waals surface area contributed by atoms with Crippen LogP contribution in [0.4, 0.5) is 0 Å². The Labute approximate surface area is 104 Å². The van der Waals surface area contributed by atoms with E-state index in [1.165, 1.54) is 11.1 Å². The van der Waals surface area contributed by atoms with Crippen molar-refractivity contribution in [3.05, 3.63) is 40.4 Å². The minimum atomic E-state index is -0.0313. The maximum Gasteiger partial charge on any atom is 0.132 e. The van der Waals surface area contributed by atoms with E-state index < -0.39 is 0 Å². The van der Waals surface area contributed by atoms with E-state index in [4.69, 9.17) is 9.52 Å². The van der Waals surface area contributed by atoms with Crippen molar-refractivity contribution in [1.82, 2.24) is 0 Å². The molecule has 0 saturated heterocycles. The fourth-order valence-electron chi connectivity index (χ4n) is 1.68. The maximum atomic E-state index is 9.05. The summed E-state index contributed by atoms with van der Waals surface area (Å²) in [5, 5.41) is 9.05. The van der Waals surface area contributed by atoms with Gasteiger partial charge in [-0.15, -0.1) is 0 Å². The second kappa shape index (κ2) is 6.45. The predicted octanol–water partition coefficient (Wildman–Crippen LogP) is 4.23. The third-order valence-electron chi connectivity index (χ3n) is 2.66. The van der Waals surface area contributed by atoms with Crippen molar-refractivity contribution in [1.29, 1.82) is 0 Å². The summed E-state index contributed by atoms with van der Waals surface area (Å²) in [7, 11) is 0. The van der Waals surface area contributed by atoms with Crippen LogP contribution in [0.5, 0.6) is 0 Å². The summed E-state index contributed by atoms with van der Waals surface area (Å²) >= 11 is 0. The van der Waals surface area contributed by atoms with Crippen LogP contribution < -0.4 is 0 Å². The molecule has 0 unspecified atom stereocenters. The molecule has 0 aliphatic rings. The number of aliphatic hydroxyl groups excluding tert-OH is 1. The monoisotopic (exact) mass is 234 g/mol. The molecule has 1 heterocycles. The second-order valence-corrected chi connectivity index (χ2v) is 4.72. The summed E-state index contributed by atoms with van der Waals surface area (Å²) in [5.74, 6) is 1.49. The third-order valence-corrected chi connectivity index (χ3v) is 2.66. The standard InChI is InChI=1S/C15H22O2/c1-11(2)6-5-7-12(3)8-14-9-13(4)15(10-16)17-14/h6,8-9,16H,5,7,10H2,1-4H3. The van der Waals surface area contributed by atoms with Crippen LogP contribution in [-0.2, 0) is 6.61 Å². The van der Waals surface area contributed by atoms with E-state index in [2.05, 4.69) is 26.8 Å². The van der Waals surface area contributed by atoms with Crippen LogP contribution in [0.25, 0.3) is 6.08 Å². The van der Waals surface area contributed by atoms with E-state index in [-0.39, 0.29) is 6.61 Å². The topological polar surface area (TPSA) is 33.4 Å². The molecule has 2 heteroatoms. The predicted molar refractivity (Wildman–Crippen MR) is 71.7 cm³/mol. The first-order valence-corrected chi connectivity index (χ1v) is 6.03. The lowest BCUT2D eigenvalue weighted by Gasteiger charge is -1.97. The van der Waals surface area contributed by atoms with E-state index in [0.717, 1.165) is 24.2 Å². The first-order valence-electron chi connectivity index (χ1n) is 6.03. The number of furan rings is 1. The molecule has 1 rings (SSSR count). The van der Waals surface area contributed by atoms with Gasteiger partial charge in [0.25, 0.3) is 0 Å². The molecule has 17 heavy (non-hydrogen) atoms. The Hall–Kier alpha value is -1.28. The molecular formula is C15H22O2. The lowest BCUT2D eigenvalue weighted by molar-refractivity contribution is 0.245. The molecule has 1 aromatic rings. The quantitative estimate of drug-likeness (QED) is 0.773. The van der Waals surface area contributed by atoms with Gasteiger partial charge in [0.1, 0.15) is 18.1 Å². The lowest BCUT2D eigenvalue weighted by atomic mass is 10.1. The van der Waals surface area contributed by atoms with Gasteiger partial charge < -0.3 is 9.52 Å². The van der Waals surface area contributed by atoms with E-state index in [0.29, 0.717) is 5.76 Å². The van der Waals surface area contributed by atoms with Crippen LogP contribution in [0, 0.1) is 6.92 Å². The summed E-state index contributed by atoms with van der Waals surface area (Å²) in [5.41, 5.74) is 3.66. The molecule has 0 aromatic carbocycles. The molecule has 0 aliphatic carbocycles. The molecule has 2 nitrogen and oxygen atoms in total. The first kappa shape index (κ1) is 13.8. The Morgan fingerprint density at radius 2 is 2.06 bits per heavy atom. The Bertz CT molecular complexity index is 418. The molecule has 0 aliphatic heterocycles. The zero-order valence-electron chi connectivity index (χ0n) is 11.2. The molecule has 94 valence electrons. The zero-order valence-corrected chi connectivity index (χ0v) is 11.2. The van der Waals surface area contributed by atoms with Crippen molar-refractivity contribution in [3.8, 4) is 0 Å². The number of hydrogen-bond donors (Lipinski definition) is 1. The number of hydrogen-bond acceptors (Lipinski definition) is 2. The minimum absolute atomic E-state index is 0.0313. The molecule has 0 atom stereocenters. The van der Waals surface area contributed by atoms with Crippen LogP contribution in [0.1, 0.15) is 50.7 Å². The average Bonchev–Trinajstić information content (AvgIpc) is 2.58. The summed E-state index contributed by atoms with van der Waals surface area (Å²) in [6.45, 7) is 8.25. The summed E-state index contributed by atoms with van der Waals surface area (Å²) < 4.78 is 5.52. The van der Waals surface area contributed by atoms with Crippen molar-refractivity contribution < 1.29 is 9.52 Å². The normalized spacial score (nSPS) is 11.7. The Morgan fingerprint density at radius 1 is 1.35 bits per heavy atom. The summed E-state index contributed by atoms with van der Waals surface area (Å²) in [4.78, 5) is 0. The van der Waals surface area contributed by atoms with Gasteiger partial charge in [-0.2, -0.15) is 0 Å². The minimum Gasteiger partial charge on any atom is -0.459 e. The van der Waals surface area contributed by atoms with Crippen LogP contribution >= 0.6 is 0 Å². The van der Waals surface area contributed by atoms with Crippen molar-refractivity contribution in [2.24, 2.45) is 0 Å². The first-order chi connectivity index (χ1) is 8.02. The third kappa shape index (κ3) is 4.61. The lowest BCUT2D eigenvalue weighted by Crippen LogP contribution is -1.79. The number of aliphatic hydroxyl groups is 1. The van der Waals surface area contributed by atoms with Gasteiger partial charge in [-0.05, 0) is 58.2 Å². The Kier molecular flexibility index (Phi) is 5.23. The average molecular weight is 234 g/mol. The van der Waals surface area contributed by atoms with Gasteiger partial charge in [-0.3, -0.25) is 0 Å². The highest BCUT2D eigenvalue weighted by Gasteiger charge is 2.04. The van der Waals surface area contributed by atoms with Gasteiger partial charge in [-0.1, -0.05) is 17.2 Å². The van der Waals surface area contributed by atoms with Crippen LogP contribution in [0.15, 0.2) is 27.7 Å². The van der Waals surface area contributed by atoms with Crippen molar-refractivity contribution in [2.75, 3.05) is 0 Å². The van der Waals surface area contributed by atoms with Gasteiger partial charge in [0.05, 0.1) is 0 Å². The summed E-state index contributed by atoms with van der Waals surface area (Å²) in [6, 6.07) is 1.97. The molecule has 0 amide bonds. The Morgan fingerprint density at radius 3 is 2.59 bits per heavy atom. The summed E-state index contributed by atoms with van der Waals surface area (Å²) in [6.07, 6.45) is 6.39. The fraction of sp³-hybridized carbons (Fsp3) is 0.467. The number of aryl methyl sites for hydroxylation is 1. The van der Waals surface area contributed by atoms with E-state index in [1.807, 2.05) is 19.1 Å². The second-order valence-electron chi connectivity index (χ2n) is 4.72. The van der Waals surface area contributed by atoms with Gasteiger partial charge in [0.15, 0.2) is 0 Å². The van der Waals surface area contributed by atoms with Gasteiger partial charge in [0.2, 0.25) is 0 Å². The zero-order chi connectivity index (χ0) is 12.8. The van der Waals surface area contributed by atoms with Crippen LogP contribution in [0.2, 0.25) is 0 Å². The van der Waals surface area contributed by atoms with Crippen molar-refractivity contribution in [3.63, 3.8) is 0 Å². The smallest absolute Gasteiger partial charge is 0.132 e. The van der Waals surface area contributed by atoms with Crippen molar-refractivity contribution in [2.45, 2.75) is 47.1 Å². The van der Waals surface area contributed by atoms with Gasteiger partial charge in [-0.25, -0.2) is 0 Å². The molecule has 1 aromatic heterocycles. The van der Waals surface area contributed by atoms with Crippen molar-refractivity contribution >= 4 is 6.08 Å². The van der Waals surface area contributed by atoms with E-state index in [9.17, 15) is 0 Å². The molecule has 0 saturated carbocycles. The Balaban J connectivity index is 2.64. The van der Waals surface area contributed by atoms with E-state index in [1.54, 1.807) is 0 Å². The van der Waals surface area contributed by atoms with Gasteiger partial charge in [0, 0.05) is 0 Å². The maximum absolute atomic E-state index is 9.05. The highest BCUT2D eigenvalue weighted by atomic mass is 16.4. The largest absolute Gasteiger partial charge is 0.459 e. The number of allylic oxidation sites excluding steroid dienone is 3. The van der Waals surface area contributed by atoms with E-state index >= 15 is 0 Å². The highest BCUT2D eigenvalue weighted by Crippen LogP contribution is 2.18. The SMILES string of the molecule is CC(C)=CCCC(C)=Cc1cc(C)c(CO)o1. The van der Waals surface area contributed by atoms with Crippen LogP contribution in [0.3, 0.4) is 0 Å². The van der Waals surface area contributed by atoms with Crippen LogP contribution in [-0.4, -0.2) is 5.11 Å². The number of rotatable bonds is 5. The molecule has 0 radical (unpaired) electrons. The molecule has 0 spiro atoms. The molecule has 0 fully saturated rings. The molecular weight excluding hydrogens is 212 g/mol. The fourth-order valence-corrected chi connectivity index (χ4v) is 1.68. The molecule has 1 N–H and O–H groups in total. The molecule has 0 bridgehead atoms.